The molecule has 3 aromatic rings. The van der Waals surface area contributed by atoms with Gasteiger partial charge in [-0.3, -0.25) is 9.88 Å². The molecule has 196 valence electrons. The first-order chi connectivity index (χ1) is 18.6. The predicted octanol–water partition coefficient (Wildman–Crippen LogP) is 2.05. The topological polar surface area (TPSA) is 76.5 Å². The van der Waals surface area contributed by atoms with Gasteiger partial charge in [-0.05, 0) is 67.7 Å². The van der Waals surface area contributed by atoms with Crippen LogP contribution in [0.25, 0.3) is 10.9 Å². The number of morpholine rings is 1. The Bertz CT molecular complexity index is 1320. The number of piperidine rings is 1. The van der Waals surface area contributed by atoms with Crippen molar-refractivity contribution in [1.29, 1.82) is 5.26 Å². The second kappa shape index (κ2) is 10.9. The third kappa shape index (κ3) is 5.24. The minimum absolute atomic E-state index is 0.274. The number of benzene rings is 2. The standard InChI is InChI=1S/C30H37BN6O/c1-20-18-36(28-8-4-22(16-32)30-27(28)7-9-29(31)35-30)19-25-15-24(10-12-37(20)25)34-23-5-2-21(3-6-23)14-26-17-33-11-13-38-26/h2-9,20,24-26,33-34H,10-15,17-19,31H2,1H3/t20-,24-,25+,26+/m1/s1. The monoisotopic (exact) mass is 508 g/mol. The molecule has 0 saturated carbocycles. The fourth-order valence-electron chi connectivity index (χ4n) is 6.56. The van der Waals surface area contributed by atoms with Crippen LogP contribution in [0, 0.1) is 11.3 Å². The third-order valence-electron chi connectivity index (χ3n) is 8.47. The van der Waals surface area contributed by atoms with E-state index >= 15 is 0 Å². The number of pyridine rings is 1. The Morgan fingerprint density at radius 2 is 2.03 bits per heavy atom. The Morgan fingerprint density at radius 3 is 2.82 bits per heavy atom. The van der Waals surface area contributed by atoms with Crippen molar-refractivity contribution in [1.82, 2.24) is 15.2 Å². The Kier molecular flexibility index (Phi) is 7.25. The summed E-state index contributed by atoms with van der Waals surface area (Å²) < 4.78 is 5.87. The summed E-state index contributed by atoms with van der Waals surface area (Å²) in [6.45, 7) is 8.15. The Morgan fingerprint density at radius 1 is 1.16 bits per heavy atom. The van der Waals surface area contributed by atoms with E-state index in [0.29, 0.717) is 23.7 Å². The first-order valence-corrected chi connectivity index (χ1v) is 14.1. The highest BCUT2D eigenvalue weighted by atomic mass is 16.5. The molecule has 1 aromatic heterocycles. The van der Waals surface area contributed by atoms with Crippen LogP contribution < -0.4 is 21.1 Å². The number of anilines is 2. The molecule has 0 amide bonds. The van der Waals surface area contributed by atoms with Crippen molar-refractivity contribution in [3.8, 4) is 6.07 Å². The van der Waals surface area contributed by atoms with E-state index in [1.165, 1.54) is 16.9 Å². The number of nitriles is 1. The maximum atomic E-state index is 9.64. The molecule has 8 heteroatoms. The predicted molar refractivity (Wildman–Crippen MR) is 156 cm³/mol. The average molecular weight is 508 g/mol. The van der Waals surface area contributed by atoms with E-state index in [1.807, 2.05) is 13.9 Å². The molecule has 3 saturated heterocycles. The number of ether oxygens (including phenoxy) is 1. The maximum Gasteiger partial charge on any atom is 0.163 e. The van der Waals surface area contributed by atoms with Gasteiger partial charge in [0.05, 0.1) is 23.8 Å². The quantitative estimate of drug-likeness (QED) is 0.511. The number of rotatable bonds is 5. The lowest BCUT2D eigenvalue weighted by Crippen LogP contribution is -2.61. The molecule has 4 atom stereocenters. The smallest absolute Gasteiger partial charge is 0.163 e. The summed E-state index contributed by atoms with van der Waals surface area (Å²) in [6, 6.07) is 20.9. The molecule has 0 unspecified atom stereocenters. The highest BCUT2D eigenvalue weighted by molar-refractivity contribution is 6.31. The van der Waals surface area contributed by atoms with Gasteiger partial charge in [0.1, 0.15) is 6.07 Å². The molecule has 0 aliphatic carbocycles. The maximum absolute atomic E-state index is 9.64. The molecule has 7 nitrogen and oxygen atoms in total. The van der Waals surface area contributed by atoms with Gasteiger partial charge in [-0.2, -0.15) is 5.26 Å². The van der Waals surface area contributed by atoms with Crippen LogP contribution in [0.1, 0.15) is 30.9 Å². The number of nitrogens with zero attached hydrogens (tertiary/aromatic N) is 4. The van der Waals surface area contributed by atoms with Gasteiger partial charge in [0, 0.05) is 67.6 Å². The van der Waals surface area contributed by atoms with Crippen LogP contribution in [0.3, 0.4) is 0 Å². The van der Waals surface area contributed by atoms with Gasteiger partial charge in [-0.1, -0.05) is 18.2 Å². The van der Waals surface area contributed by atoms with Crippen LogP contribution in [0.2, 0.25) is 0 Å². The van der Waals surface area contributed by atoms with E-state index in [1.54, 1.807) is 0 Å². The molecule has 3 aliphatic heterocycles. The van der Waals surface area contributed by atoms with Gasteiger partial charge in [0.25, 0.3) is 0 Å². The first kappa shape index (κ1) is 25.2. The highest BCUT2D eigenvalue weighted by Gasteiger charge is 2.37. The van der Waals surface area contributed by atoms with E-state index in [-0.39, 0.29) is 6.10 Å². The molecule has 6 rings (SSSR count). The number of hydrogen-bond acceptors (Lipinski definition) is 7. The molecular weight excluding hydrogens is 471 g/mol. The van der Waals surface area contributed by atoms with E-state index < -0.39 is 0 Å². The zero-order valence-corrected chi connectivity index (χ0v) is 22.5. The van der Waals surface area contributed by atoms with Crippen LogP contribution in [-0.2, 0) is 11.2 Å². The summed E-state index contributed by atoms with van der Waals surface area (Å²) in [6.07, 6.45) is 3.51. The van der Waals surface area contributed by atoms with Gasteiger partial charge in [0.15, 0.2) is 7.85 Å². The van der Waals surface area contributed by atoms with E-state index in [0.717, 1.165) is 75.1 Å². The second-order valence-corrected chi connectivity index (χ2v) is 11.2. The van der Waals surface area contributed by atoms with Crippen molar-refractivity contribution in [2.24, 2.45) is 0 Å². The van der Waals surface area contributed by atoms with Crippen molar-refractivity contribution in [2.45, 2.75) is 50.4 Å². The average Bonchev–Trinajstić information content (AvgIpc) is 2.94. The summed E-state index contributed by atoms with van der Waals surface area (Å²) >= 11 is 0. The number of fused-ring (bicyclic) bond motifs is 2. The lowest BCUT2D eigenvalue weighted by atomic mass is 9.91. The largest absolute Gasteiger partial charge is 0.382 e. The fourth-order valence-corrected chi connectivity index (χ4v) is 6.56. The third-order valence-corrected chi connectivity index (χ3v) is 8.47. The van der Waals surface area contributed by atoms with Gasteiger partial charge in [-0.25, -0.2) is 0 Å². The summed E-state index contributed by atoms with van der Waals surface area (Å²) in [5, 5.41) is 18.0. The molecule has 4 heterocycles. The SMILES string of the molecule is Bc1ccc2c(N3C[C@@H]4C[C@H](Nc5ccc(C[C@H]6CNCCO6)cc5)CCN4[C@H](C)C3)ccc(C#N)c2n1. The van der Waals surface area contributed by atoms with Crippen molar-refractivity contribution < 1.29 is 4.74 Å². The summed E-state index contributed by atoms with van der Waals surface area (Å²) in [5.74, 6) is 0. The lowest BCUT2D eigenvalue weighted by Gasteiger charge is -2.50. The van der Waals surface area contributed by atoms with Crippen LogP contribution in [-0.4, -0.2) is 81.3 Å². The van der Waals surface area contributed by atoms with Gasteiger partial charge in [0.2, 0.25) is 0 Å². The molecule has 38 heavy (non-hydrogen) atoms. The van der Waals surface area contributed by atoms with Crippen molar-refractivity contribution in [3.05, 3.63) is 59.7 Å². The summed E-state index contributed by atoms with van der Waals surface area (Å²) in [5.41, 5.74) is 6.14. The van der Waals surface area contributed by atoms with Crippen LogP contribution >= 0.6 is 0 Å². The minimum atomic E-state index is 0.274. The van der Waals surface area contributed by atoms with Crippen molar-refractivity contribution >= 4 is 35.7 Å². The second-order valence-electron chi connectivity index (χ2n) is 11.2. The van der Waals surface area contributed by atoms with Gasteiger partial charge < -0.3 is 20.3 Å². The normalized spacial score (nSPS) is 26.1. The van der Waals surface area contributed by atoms with Gasteiger partial charge in [-0.15, -0.1) is 0 Å². The van der Waals surface area contributed by atoms with Crippen LogP contribution in [0.5, 0.6) is 0 Å². The minimum Gasteiger partial charge on any atom is -0.382 e. The molecule has 3 aliphatic rings. The zero-order valence-electron chi connectivity index (χ0n) is 22.5. The fraction of sp³-hybridized carbons (Fsp3) is 0.467. The molecule has 0 radical (unpaired) electrons. The molecule has 0 spiro atoms. The lowest BCUT2D eigenvalue weighted by molar-refractivity contribution is 0.0292. The number of aromatic nitrogens is 1. The number of nitrogens with one attached hydrogen (secondary N) is 2. The number of piperazine rings is 1. The number of hydrogen-bond donors (Lipinski definition) is 2. The van der Waals surface area contributed by atoms with Gasteiger partial charge >= 0.3 is 0 Å². The summed E-state index contributed by atoms with van der Waals surface area (Å²) in [4.78, 5) is 9.94. The zero-order chi connectivity index (χ0) is 26.1. The molecule has 0 bridgehead atoms. The molecule has 2 N–H and O–H groups in total. The van der Waals surface area contributed by atoms with Crippen LogP contribution in [0.4, 0.5) is 11.4 Å². The summed E-state index contributed by atoms with van der Waals surface area (Å²) in [7, 11) is 1.99. The first-order valence-electron chi connectivity index (χ1n) is 14.1. The Hall–Kier alpha value is -3.12. The van der Waals surface area contributed by atoms with E-state index in [4.69, 9.17) is 9.72 Å². The van der Waals surface area contributed by atoms with Crippen molar-refractivity contribution in [2.75, 3.05) is 49.5 Å². The van der Waals surface area contributed by atoms with Crippen molar-refractivity contribution in [3.63, 3.8) is 0 Å². The highest BCUT2D eigenvalue weighted by Crippen LogP contribution is 2.33. The molecular formula is C30H37BN6O. The van der Waals surface area contributed by atoms with Crippen LogP contribution in [0.15, 0.2) is 48.5 Å². The van der Waals surface area contributed by atoms with E-state index in [9.17, 15) is 5.26 Å². The molecule has 3 fully saturated rings. The van der Waals surface area contributed by atoms with E-state index in [2.05, 4.69) is 75.9 Å². The Balaban J connectivity index is 1.14. The Labute approximate surface area is 226 Å². The molecule has 2 aromatic carbocycles.